The number of nitrogens with two attached hydrogens (primary N) is 1. The highest BCUT2D eigenvalue weighted by Gasteiger charge is 2.55. The molecule has 0 saturated carbocycles. The largest absolute Gasteiger partial charge is 0.453 e. The fourth-order valence-corrected chi connectivity index (χ4v) is 2.61. The molecular weight excluding hydrogens is 360 g/mol. The molecule has 27 heavy (non-hydrogen) atoms. The third-order valence-electron chi connectivity index (χ3n) is 3.60. The van der Waals surface area contributed by atoms with Gasteiger partial charge in [0.25, 0.3) is 5.91 Å². The second-order valence-electron chi connectivity index (χ2n) is 5.96. The van der Waals surface area contributed by atoms with Crippen molar-refractivity contribution in [3.05, 3.63) is 30.1 Å². The van der Waals surface area contributed by atoms with Gasteiger partial charge < -0.3 is 19.9 Å². The highest BCUT2D eigenvalue weighted by molar-refractivity contribution is 5.92. The molecule has 0 spiro atoms. The van der Waals surface area contributed by atoms with Crippen LogP contribution in [0.1, 0.15) is 37.4 Å². The van der Waals surface area contributed by atoms with E-state index in [0.29, 0.717) is 0 Å². The van der Waals surface area contributed by atoms with Crippen molar-refractivity contribution in [2.45, 2.75) is 45.5 Å². The van der Waals surface area contributed by atoms with E-state index in [0.717, 1.165) is 0 Å². The molecule has 1 aliphatic rings. The molecular formula is C17H21N2O8+. The number of nitrogens with zero attached hydrogens (tertiary/aromatic N) is 1. The molecule has 1 aromatic rings. The van der Waals surface area contributed by atoms with Crippen molar-refractivity contribution < 1.29 is 42.7 Å². The summed E-state index contributed by atoms with van der Waals surface area (Å²) >= 11 is 0. The Bertz CT molecular complexity index is 750. The Kier molecular flexibility index (Phi) is 6.59. The first kappa shape index (κ1) is 20.5. The van der Waals surface area contributed by atoms with Gasteiger partial charge in [0.2, 0.25) is 12.4 Å². The van der Waals surface area contributed by atoms with Gasteiger partial charge in [0.05, 0.1) is 0 Å². The molecule has 2 N–H and O–H groups in total. The van der Waals surface area contributed by atoms with Gasteiger partial charge in [0.1, 0.15) is 12.2 Å². The van der Waals surface area contributed by atoms with Gasteiger partial charge in [-0.25, -0.2) is 0 Å². The van der Waals surface area contributed by atoms with Crippen LogP contribution in [-0.4, -0.2) is 48.7 Å². The van der Waals surface area contributed by atoms with Crippen LogP contribution in [0.5, 0.6) is 0 Å². The van der Waals surface area contributed by atoms with E-state index >= 15 is 0 Å². The van der Waals surface area contributed by atoms with Gasteiger partial charge in [0.15, 0.2) is 24.3 Å². The van der Waals surface area contributed by atoms with Gasteiger partial charge in [-0.1, -0.05) is 0 Å². The summed E-state index contributed by atoms with van der Waals surface area (Å²) in [7, 11) is 0. The van der Waals surface area contributed by atoms with Crippen LogP contribution in [0.3, 0.4) is 0 Å². The van der Waals surface area contributed by atoms with Crippen LogP contribution in [0.4, 0.5) is 0 Å². The van der Waals surface area contributed by atoms with E-state index in [1.807, 2.05) is 0 Å². The van der Waals surface area contributed by atoms with E-state index in [1.165, 1.54) is 37.6 Å². The lowest BCUT2D eigenvalue weighted by atomic mass is 10.2. The maximum atomic E-state index is 11.6. The van der Waals surface area contributed by atoms with E-state index < -0.39 is 42.6 Å². The summed E-state index contributed by atoms with van der Waals surface area (Å²) in [6.07, 6.45) is -1.35. The highest BCUT2D eigenvalue weighted by atomic mass is 16.7. The molecule has 0 aliphatic carbocycles. The van der Waals surface area contributed by atoms with Crippen molar-refractivity contribution in [3.63, 3.8) is 0 Å². The van der Waals surface area contributed by atoms with E-state index in [2.05, 4.69) is 0 Å². The van der Waals surface area contributed by atoms with Crippen molar-refractivity contribution in [2.24, 2.45) is 5.73 Å². The number of pyridine rings is 1. The standard InChI is InChI=1S/C17H20N2O8/c1-9(20)8-24-17-14(26-11(3)22)13(25-10(2)21)16(27-17)19-6-4-5-12(7-19)15(18)23/h4-7,13-14,16-17H,8H2,1-3H3,(H-,18,23)/p+1/t13-,14+,16-,17+/m1/s1. The Balaban J connectivity index is 2.39. The fourth-order valence-electron chi connectivity index (χ4n) is 2.61. The molecule has 1 fully saturated rings. The van der Waals surface area contributed by atoms with Gasteiger partial charge in [0, 0.05) is 19.9 Å². The number of amides is 1. The quantitative estimate of drug-likeness (QED) is 0.488. The summed E-state index contributed by atoms with van der Waals surface area (Å²) in [5, 5.41) is 0. The second-order valence-corrected chi connectivity index (χ2v) is 5.96. The van der Waals surface area contributed by atoms with Crippen molar-refractivity contribution in [2.75, 3.05) is 6.61 Å². The number of ketones is 1. The molecule has 1 saturated heterocycles. The van der Waals surface area contributed by atoms with Crippen LogP contribution >= 0.6 is 0 Å². The van der Waals surface area contributed by atoms with Crippen molar-refractivity contribution in [3.8, 4) is 0 Å². The molecule has 10 nitrogen and oxygen atoms in total. The number of carbonyl (C=O) groups excluding carboxylic acids is 4. The normalized spacial score (nSPS) is 24.3. The zero-order chi connectivity index (χ0) is 20.1. The van der Waals surface area contributed by atoms with Crippen molar-refractivity contribution in [1.82, 2.24) is 0 Å². The molecule has 4 atom stereocenters. The first-order chi connectivity index (χ1) is 12.7. The first-order valence-corrected chi connectivity index (χ1v) is 8.10. The number of hydrogen-bond donors (Lipinski definition) is 1. The highest BCUT2D eigenvalue weighted by Crippen LogP contribution is 2.31. The van der Waals surface area contributed by atoms with E-state index in [9.17, 15) is 19.2 Å². The first-order valence-electron chi connectivity index (χ1n) is 8.10. The summed E-state index contributed by atoms with van der Waals surface area (Å²) in [5.41, 5.74) is 5.48. The Hall–Kier alpha value is -2.85. The monoisotopic (exact) mass is 381 g/mol. The summed E-state index contributed by atoms with van der Waals surface area (Å²) in [5.74, 6) is -2.21. The second kappa shape index (κ2) is 8.69. The number of hydrogen-bond acceptors (Lipinski definition) is 8. The predicted molar refractivity (Wildman–Crippen MR) is 86.8 cm³/mol. The number of primary amides is 1. The van der Waals surface area contributed by atoms with Gasteiger partial charge in [-0.2, -0.15) is 4.57 Å². The average Bonchev–Trinajstić information content (AvgIpc) is 2.89. The lowest BCUT2D eigenvalue weighted by Gasteiger charge is -2.21. The molecule has 1 aromatic heterocycles. The fraction of sp³-hybridized carbons (Fsp3) is 0.471. The Morgan fingerprint density at radius 1 is 1.11 bits per heavy atom. The Morgan fingerprint density at radius 3 is 2.30 bits per heavy atom. The molecule has 2 heterocycles. The van der Waals surface area contributed by atoms with Crippen LogP contribution in [-0.2, 0) is 33.3 Å². The number of esters is 2. The Labute approximate surface area is 155 Å². The summed E-state index contributed by atoms with van der Waals surface area (Å²) < 4.78 is 23.1. The minimum Gasteiger partial charge on any atom is -0.453 e. The van der Waals surface area contributed by atoms with Crippen molar-refractivity contribution >= 4 is 23.6 Å². The van der Waals surface area contributed by atoms with Gasteiger partial charge in [-0.05, 0) is 13.0 Å². The minimum atomic E-state index is -1.16. The summed E-state index contributed by atoms with van der Waals surface area (Å²) in [4.78, 5) is 45.7. The molecule has 0 radical (unpaired) electrons. The van der Waals surface area contributed by atoms with Gasteiger partial charge in [-0.3, -0.25) is 23.9 Å². The molecule has 1 amide bonds. The van der Waals surface area contributed by atoms with Crippen LogP contribution in [0.2, 0.25) is 0 Å². The zero-order valence-electron chi connectivity index (χ0n) is 15.1. The van der Waals surface area contributed by atoms with E-state index in [1.54, 1.807) is 12.3 Å². The van der Waals surface area contributed by atoms with Crippen LogP contribution < -0.4 is 10.3 Å². The SMILES string of the molecule is CC(=O)CO[C@H]1O[C@@H]([n+]2cccc(C(N)=O)c2)[C@H](OC(C)=O)[C@@H]1OC(C)=O. The van der Waals surface area contributed by atoms with Crippen LogP contribution in [0.15, 0.2) is 24.5 Å². The third kappa shape index (κ3) is 5.31. The number of aromatic nitrogens is 1. The summed E-state index contributed by atoms with van der Waals surface area (Å²) in [6, 6.07) is 3.06. The van der Waals surface area contributed by atoms with Crippen LogP contribution in [0.25, 0.3) is 0 Å². The molecule has 10 heteroatoms. The maximum absolute atomic E-state index is 11.6. The Morgan fingerprint density at radius 2 is 1.74 bits per heavy atom. The molecule has 1 aliphatic heterocycles. The van der Waals surface area contributed by atoms with E-state index in [-0.39, 0.29) is 18.0 Å². The lowest BCUT2D eigenvalue weighted by molar-refractivity contribution is -0.767. The van der Waals surface area contributed by atoms with Gasteiger partial charge in [-0.15, -0.1) is 0 Å². The minimum absolute atomic E-state index is 0.194. The van der Waals surface area contributed by atoms with E-state index in [4.69, 9.17) is 24.7 Å². The molecule has 0 aromatic carbocycles. The molecule has 2 rings (SSSR count). The number of Topliss-reactive ketones (excluding diaryl/α,β-unsaturated/α-hetero) is 1. The summed E-state index contributed by atoms with van der Waals surface area (Å²) in [6.45, 7) is 3.41. The number of carbonyl (C=O) groups is 4. The topological polar surface area (TPSA) is 135 Å². The number of ether oxygens (including phenoxy) is 4. The van der Waals surface area contributed by atoms with Crippen LogP contribution in [0, 0.1) is 0 Å². The predicted octanol–water partition coefficient (Wildman–Crippen LogP) is -0.603. The zero-order valence-corrected chi connectivity index (χ0v) is 15.1. The average molecular weight is 381 g/mol. The van der Waals surface area contributed by atoms with Crippen molar-refractivity contribution in [1.29, 1.82) is 0 Å². The smallest absolute Gasteiger partial charge is 0.306 e. The molecule has 0 bridgehead atoms. The lowest BCUT2D eigenvalue weighted by Crippen LogP contribution is -2.48. The third-order valence-corrected chi connectivity index (χ3v) is 3.60. The molecule has 146 valence electrons. The number of rotatable bonds is 7. The maximum Gasteiger partial charge on any atom is 0.306 e. The molecule has 0 unspecified atom stereocenters. The van der Waals surface area contributed by atoms with Gasteiger partial charge >= 0.3 is 18.2 Å².